The Morgan fingerprint density at radius 2 is 1.88 bits per heavy atom. The lowest BCUT2D eigenvalue weighted by Gasteiger charge is -2.14. The predicted octanol–water partition coefficient (Wildman–Crippen LogP) is 3.00. The number of rotatable bonds is 6. The standard InChI is InChI=1S/C14H16Cl3NO5S/c1-3-22-12(19)13(2)11(10-7-5-4-6-8-10)18(13)24(20,21)23-9-14(15,16)17/h4-8,11H,3,9H2,1-2H3. The monoisotopic (exact) mass is 415 g/mol. The van der Waals surface area contributed by atoms with Gasteiger partial charge in [-0.05, 0) is 19.4 Å². The van der Waals surface area contributed by atoms with E-state index in [-0.39, 0.29) is 6.61 Å². The van der Waals surface area contributed by atoms with E-state index in [4.69, 9.17) is 43.7 Å². The lowest BCUT2D eigenvalue weighted by atomic mass is 10.0. The topological polar surface area (TPSA) is 72.7 Å². The molecule has 134 valence electrons. The zero-order valence-corrected chi connectivity index (χ0v) is 16.0. The molecular formula is C14H16Cl3NO5S. The summed E-state index contributed by atoms with van der Waals surface area (Å²) in [6, 6.07) is 7.95. The molecule has 1 aromatic carbocycles. The Morgan fingerprint density at radius 1 is 1.29 bits per heavy atom. The van der Waals surface area contributed by atoms with E-state index in [1.165, 1.54) is 6.92 Å². The van der Waals surface area contributed by atoms with Crippen LogP contribution in [0.2, 0.25) is 0 Å². The third-order valence-electron chi connectivity index (χ3n) is 3.57. The van der Waals surface area contributed by atoms with Crippen LogP contribution in [-0.4, -0.2) is 41.2 Å². The van der Waals surface area contributed by atoms with Gasteiger partial charge in [0.15, 0.2) is 5.54 Å². The minimum atomic E-state index is -4.31. The third kappa shape index (κ3) is 3.98. The van der Waals surface area contributed by atoms with E-state index < -0.39 is 38.3 Å². The Bertz CT molecular complexity index is 707. The molecule has 1 aliphatic rings. The molecule has 0 radical (unpaired) electrons. The van der Waals surface area contributed by atoms with Crippen LogP contribution in [0.4, 0.5) is 0 Å². The van der Waals surface area contributed by atoms with E-state index >= 15 is 0 Å². The van der Waals surface area contributed by atoms with Gasteiger partial charge in [0, 0.05) is 0 Å². The van der Waals surface area contributed by atoms with Crippen molar-refractivity contribution in [2.45, 2.75) is 29.2 Å². The van der Waals surface area contributed by atoms with Crippen LogP contribution in [-0.2, 0) is 24.0 Å². The van der Waals surface area contributed by atoms with E-state index in [2.05, 4.69) is 0 Å². The minimum absolute atomic E-state index is 0.124. The van der Waals surface area contributed by atoms with Crippen molar-refractivity contribution in [1.29, 1.82) is 0 Å². The van der Waals surface area contributed by atoms with Gasteiger partial charge in [-0.3, -0.25) is 4.18 Å². The highest BCUT2D eigenvalue weighted by atomic mass is 35.6. The van der Waals surface area contributed by atoms with Crippen molar-refractivity contribution in [2.24, 2.45) is 0 Å². The molecule has 3 atom stereocenters. The van der Waals surface area contributed by atoms with Crippen LogP contribution in [0.25, 0.3) is 0 Å². The van der Waals surface area contributed by atoms with Crippen molar-refractivity contribution >= 4 is 51.1 Å². The van der Waals surface area contributed by atoms with Gasteiger partial charge in [-0.2, -0.15) is 8.42 Å². The zero-order chi connectivity index (χ0) is 18.2. The maximum absolute atomic E-state index is 12.5. The van der Waals surface area contributed by atoms with Gasteiger partial charge in [-0.25, -0.2) is 4.79 Å². The maximum atomic E-state index is 12.5. The molecular weight excluding hydrogens is 401 g/mol. The molecule has 0 aromatic heterocycles. The van der Waals surface area contributed by atoms with Crippen molar-refractivity contribution in [2.75, 3.05) is 13.2 Å². The van der Waals surface area contributed by atoms with Crippen molar-refractivity contribution in [1.82, 2.24) is 4.31 Å². The highest BCUT2D eigenvalue weighted by Gasteiger charge is 2.72. The van der Waals surface area contributed by atoms with Crippen LogP contribution in [0.1, 0.15) is 25.5 Å². The molecule has 6 nitrogen and oxygen atoms in total. The average molecular weight is 417 g/mol. The first-order valence-electron chi connectivity index (χ1n) is 7.02. The van der Waals surface area contributed by atoms with Gasteiger partial charge in [-0.1, -0.05) is 65.1 Å². The van der Waals surface area contributed by atoms with Crippen molar-refractivity contribution in [3.8, 4) is 0 Å². The van der Waals surface area contributed by atoms with Crippen LogP contribution in [0.5, 0.6) is 0 Å². The van der Waals surface area contributed by atoms with Gasteiger partial charge in [0.1, 0.15) is 6.61 Å². The molecule has 1 fully saturated rings. The van der Waals surface area contributed by atoms with Crippen molar-refractivity contribution < 1.29 is 22.1 Å². The van der Waals surface area contributed by atoms with Gasteiger partial charge >= 0.3 is 16.3 Å². The number of benzene rings is 1. The largest absolute Gasteiger partial charge is 0.465 e. The predicted molar refractivity (Wildman–Crippen MR) is 91.2 cm³/mol. The SMILES string of the molecule is CCOC(=O)C1(C)C(c2ccccc2)N1S(=O)(=O)OCC(Cl)(Cl)Cl. The van der Waals surface area contributed by atoms with Crippen molar-refractivity contribution in [3.63, 3.8) is 0 Å². The normalized spacial score (nSPS) is 26.9. The molecule has 0 spiro atoms. The fraction of sp³-hybridized carbons (Fsp3) is 0.500. The summed E-state index contributed by atoms with van der Waals surface area (Å²) in [5.74, 6) is -0.667. The van der Waals surface area contributed by atoms with E-state index in [1.807, 2.05) is 0 Å². The number of halogens is 3. The van der Waals surface area contributed by atoms with Crippen molar-refractivity contribution in [3.05, 3.63) is 35.9 Å². The lowest BCUT2D eigenvalue weighted by molar-refractivity contribution is -0.146. The molecule has 0 bridgehead atoms. The summed E-state index contributed by atoms with van der Waals surface area (Å²) in [5.41, 5.74) is -0.779. The molecule has 0 amide bonds. The quantitative estimate of drug-likeness (QED) is 0.405. The van der Waals surface area contributed by atoms with Crippen LogP contribution in [0.15, 0.2) is 30.3 Å². The summed E-state index contributed by atoms with van der Waals surface area (Å²) in [4.78, 5) is 12.3. The first kappa shape index (κ1) is 19.8. The first-order chi connectivity index (χ1) is 11.0. The second-order valence-corrected chi connectivity index (χ2v) is 9.31. The number of carbonyl (C=O) groups is 1. The molecule has 10 heteroatoms. The van der Waals surface area contributed by atoms with Gasteiger partial charge in [0.25, 0.3) is 0 Å². The lowest BCUT2D eigenvalue weighted by Crippen LogP contribution is -2.33. The van der Waals surface area contributed by atoms with Crippen LogP contribution in [0, 0.1) is 0 Å². The van der Waals surface area contributed by atoms with E-state index in [0.29, 0.717) is 5.56 Å². The fourth-order valence-electron chi connectivity index (χ4n) is 2.49. The molecule has 1 aliphatic heterocycles. The molecule has 1 heterocycles. The number of nitrogens with zero attached hydrogens (tertiary/aromatic N) is 1. The van der Waals surface area contributed by atoms with Gasteiger partial charge in [-0.15, -0.1) is 4.31 Å². The number of ether oxygens (including phenoxy) is 1. The van der Waals surface area contributed by atoms with Crippen LogP contribution >= 0.6 is 34.8 Å². The average Bonchev–Trinajstić information content (AvgIpc) is 3.15. The number of alkyl halides is 3. The van der Waals surface area contributed by atoms with Gasteiger partial charge in [0.2, 0.25) is 3.79 Å². The second-order valence-electron chi connectivity index (χ2n) is 5.31. The summed E-state index contributed by atoms with van der Waals surface area (Å²) in [5, 5.41) is 0. The summed E-state index contributed by atoms with van der Waals surface area (Å²) in [6.45, 7) is 2.56. The zero-order valence-electron chi connectivity index (χ0n) is 12.9. The summed E-state index contributed by atoms with van der Waals surface area (Å²) >= 11 is 16.6. The summed E-state index contributed by atoms with van der Waals surface area (Å²) in [6.07, 6.45) is 0. The van der Waals surface area contributed by atoms with E-state index in [9.17, 15) is 13.2 Å². The Balaban J connectivity index is 2.33. The van der Waals surface area contributed by atoms with E-state index in [1.54, 1.807) is 37.3 Å². The minimum Gasteiger partial charge on any atom is -0.465 e. The Morgan fingerprint density at radius 3 is 2.38 bits per heavy atom. The second kappa shape index (κ2) is 6.97. The molecule has 0 N–H and O–H groups in total. The molecule has 1 aromatic rings. The van der Waals surface area contributed by atoms with E-state index in [0.717, 1.165) is 4.31 Å². The summed E-state index contributed by atoms with van der Waals surface area (Å²) in [7, 11) is -4.31. The summed E-state index contributed by atoms with van der Waals surface area (Å²) < 4.78 is 33.8. The highest BCUT2D eigenvalue weighted by molar-refractivity contribution is 7.84. The fourth-order valence-corrected chi connectivity index (χ4v) is 4.47. The van der Waals surface area contributed by atoms with Crippen LogP contribution in [0.3, 0.4) is 0 Å². The number of hydrogen-bond acceptors (Lipinski definition) is 5. The molecule has 1 saturated heterocycles. The Labute approximate surface area is 155 Å². The third-order valence-corrected chi connectivity index (χ3v) is 5.39. The number of hydrogen-bond donors (Lipinski definition) is 0. The molecule has 2 rings (SSSR count). The highest BCUT2D eigenvalue weighted by Crippen LogP contribution is 2.56. The number of carbonyl (C=O) groups excluding carboxylic acids is 1. The van der Waals surface area contributed by atoms with Gasteiger partial charge < -0.3 is 4.74 Å². The maximum Gasteiger partial charge on any atom is 0.340 e. The van der Waals surface area contributed by atoms with Gasteiger partial charge in [0.05, 0.1) is 12.6 Å². The Hall–Kier alpha value is -0.570. The molecule has 0 saturated carbocycles. The van der Waals surface area contributed by atoms with Crippen LogP contribution < -0.4 is 0 Å². The molecule has 24 heavy (non-hydrogen) atoms. The molecule has 3 unspecified atom stereocenters. The number of esters is 1. The molecule has 0 aliphatic carbocycles. The Kier molecular flexibility index (Phi) is 5.74. The smallest absolute Gasteiger partial charge is 0.340 e. The first-order valence-corrected chi connectivity index (χ1v) is 9.51.